The van der Waals surface area contributed by atoms with Crippen LogP contribution in [0.2, 0.25) is 0 Å². The summed E-state index contributed by atoms with van der Waals surface area (Å²) in [4.78, 5) is 0. The van der Waals surface area contributed by atoms with Crippen LogP contribution < -0.4 is 0 Å². The van der Waals surface area contributed by atoms with E-state index in [-0.39, 0.29) is 0 Å². The van der Waals surface area contributed by atoms with Gasteiger partial charge < -0.3 is 9.13 Å². The summed E-state index contributed by atoms with van der Waals surface area (Å²) in [6.07, 6.45) is 12.2. The monoisotopic (exact) mass is 450 g/mol. The van der Waals surface area contributed by atoms with Gasteiger partial charge in [-0.25, -0.2) is 0 Å². The molecule has 0 unspecified atom stereocenters. The fraction of sp³-hybridized carbons (Fsp3) is 0.385. The Morgan fingerprint density at radius 1 is 0.647 bits per heavy atom. The molecule has 0 atom stereocenters. The third-order valence-electron chi connectivity index (χ3n) is 6.50. The van der Waals surface area contributed by atoms with E-state index in [4.69, 9.17) is 0 Å². The molecule has 0 bridgehead atoms. The number of hydrogen-bond acceptors (Lipinski definition) is 6. The summed E-state index contributed by atoms with van der Waals surface area (Å²) in [6, 6.07) is 12.4. The molecule has 2 aliphatic heterocycles. The lowest BCUT2D eigenvalue weighted by molar-refractivity contribution is 0.627. The van der Waals surface area contributed by atoms with Crippen molar-refractivity contribution in [2.75, 3.05) is 0 Å². The van der Waals surface area contributed by atoms with E-state index in [1.54, 1.807) is 0 Å². The van der Waals surface area contributed by atoms with Crippen molar-refractivity contribution in [3.8, 4) is 12.1 Å². The lowest BCUT2D eigenvalue weighted by Gasteiger charge is -2.06. The Bertz CT molecular complexity index is 1220. The highest BCUT2D eigenvalue weighted by Gasteiger charge is 2.19. The van der Waals surface area contributed by atoms with Gasteiger partial charge in [-0.1, -0.05) is 37.1 Å². The lowest BCUT2D eigenvalue weighted by Crippen LogP contribution is -2.05. The topological polar surface area (TPSA) is 109 Å². The SMILES string of the molecule is N#C/C(=C/c1ccc(/C=C(\C#N)c2nnc3n2CCCCC3)cc1)c1nnc2n1CCCCC2. The lowest BCUT2D eigenvalue weighted by atomic mass is 10.1. The Labute approximate surface area is 198 Å². The predicted molar refractivity (Wildman–Crippen MR) is 129 cm³/mol. The van der Waals surface area contributed by atoms with Crippen molar-refractivity contribution in [2.24, 2.45) is 0 Å². The van der Waals surface area contributed by atoms with Crippen LogP contribution in [0.25, 0.3) is 23.3 Å². The highest BCUT2D eigenvalue weighted by atomic mass is 15.3. The van der Waals surface area contributed by atoms with Gasteiger partial charge >= 0.3 is 0 Å². The third kappa shape index (κ3) is 4.40. The molecule has 0 saturated carbocycles. The fourth-order valence-electron chi connectivity index (χ4n) is 4.68. The molecule has 0 amide bonds. The van der Waals surface area contributed by atoms with Gasteiger partial charge in [-0.05, 0) is 49.0 Å². The number of benzene rings is 1. The zero-order valence-corrected chi connectivity index (χ0v) is 19.1. The maximum Gasteiger partial charge on any atom is 0.174 e. The van der Waals surface area contributed by atoms with Crippen LogP contribution in [0.3, 0.4) is 0 Å². The standard InChI is InChI=1S/C26H26N8/c27-17-21(25-31-29-23-7-3-1-5-13-33(23)25)15-19-9-11-20(12-10-19)16-22(18-28)26-32-30-24-8-4-2-6-14-34(24)26/h9-12,15-16H,1-8,13-14H2/b21-15-,22-16+. The number of nitriles is 2. The molecular weight excluding hydrogens is 424 g/mol. The van der Waals surface area contributed by atoms with Gasteiger partial charge in [-0.15, -0.1) is 20.4 Å². The highest BCUT2D eigenvalue weighted by molar-refractivity contribution is 5.89. The second-order valence-corrected chi connectivity index (χ2v) is 8.81. The Morgan fingerprint density at radius 2 is 1.09 bits per heavy atom. The predicted octanol–water partition coefficient (Wildman–Crippen LogP) is 4.45. The Morgan fingerprint density at radius 3 is 1.50 bits per heavy atom. The molecule has 34 heavy (non-hydrogen) atoms. The maximum absolute atomic E-state index is 9.80. The average Bonchev–Trinajstić information content (AvgIpc) is 3.26. The van der Waals surface area contributed by atoms with Crippen LogP contribution in [0.1, 0.15) is 72.9 Å². The van der Waals surface area contributed by atoms with Crippen LogP contribution in [0.5, 0.6) is 0 Å². The molecule has 5 rings (SSSR count). The van der Waals surface area contributed by atoms with Crippen LogP contribution in [0.4, 0.5) is 0 Å². The first-order chi connectivity index (χ1) is 16.8. The summed E-state index contributed by atoms with van der Waals surface area (Å²) in [7, 11) is 0. The molecule has 1 aromatic carbocycles. The third-order valence-corrected chi connectivity index (χ3v) is 6.50. The molecule has 0 fully saturated rings. The van der Waals surface area contributed by atoms with E-state index in [1.807, 2.05) is 36.4 Å². The van der Waals surface area contributed by atoms with E-state index >= 15 is 0 Å². The minimum absolute atomic E-state index is 0.507. The number of fused-ring (bicyclic) bond motifs is 2. The van der Waals surface area contributed by atoms with Crippen LogP contribution in [0.15, 0.2) is 24.3 Å². The van der Waals surface area contributed by atoms with Crippen molar-refractivity contribution in [3.05, 3.63) is 58.7 Å². The molecule has 4 heterocycles. The number of aryl methyl sites for hydroxylation is 2. The molecule has 2 aliphatic rings. The smallest absolute Gasteiger partial charge is 0.174 e. The van der Waals surface area contributed by atoms with E-state index < -0.39 is 0 Å². The minimum atomic E-state index is 0.507. The first kappa shape index (κ1) is 21.8. The average molecular weight is 451 g/mol. The van der Waals surface area contributed by atoms with E-state index in [9.17, 15) is 10.5 Å². The van der Waals surface area contributed by atoms with Crippen molar-refractivity contribution < 1.29 is 0 Å². The number of allylic oxidation sites excluding steroid dienone is 2. The quantitative estimate of drug-likeness (QED) is 0.543. The second-order valence-electron chi connectivity index (χ2n) is 8.81. The van der Waals surface area contributed by atoms with Crippen molar-refractivity contribution in [1.29, 1.82) is 10.5 Å². The van der Waals surface area contributed by atoms with Gasteiger partial charge in [0.2, 0.25) is 0 Å². The van der Waals surface area contributed by atoms with Crippen molar-refractivity contribution in [1.82, 2.24) is 29.5 Å². The molecule has 0 saturated heterocycles. The molecule has 0 radical (unpaired) electrons. The van der Waals surface area contributed by atoms with Gasteiger partial charge in [0.1, 0.15) is 23.8 Å². The molecule has 170 valence electrons. The molecule has 8 nitrogen and oxygen atoms in total. The molecule has 0 N–H and O–H groups in total. The molecule has 2 aromatic heterocycles. The van der Waals surface area contributed by atoms with Crippen LogP contribution in [0, 0.1) is 22.7 Å². The molecule has 3 aromatic rings. The van der Waals surface area contributed by atoms with Gasteiger partial charge in [0, 0.05) is 25.9 Å². The van der Waals surface area contributed by atoms with Crippen molar-refractivity contribution in [3.63, 3.8) is 0 Å². The van der Waals surface area contributed by atoms with Gasteiger partial charge in [-0.2, -0.15) is 10.5 Å². The molecule has 8 heteroatoms. The van der Waals surface area contributed by atoms with Gasteiger partial charge in [0.25, 0.3) is 0 Å². The van der Waals surface area contributed by atoms with E-state index in [0.717, 1.165) is 74.4 Å². The number of rotatable bonds is 4. The first-order valence-electron chi connectivity index (χ1n) is 12.0. The zero-order chi connectivity index (χ0) is 23.3. The summed E-state index contributed by atoms with van der Waals surface area (Å²) in [5.41, 5.74) is 2.81. The Balaban J connectivity index is 1.40. The van der Waals surface area contributed by atoms with Crippen molar-refractivity contribution >= 4 is 23.3 Å². The van der Waals surface area contributed by atoms with E-state index in [1.165, 1.54) is 12.8 Å². The van der Waals surface area contributed by atoms with Gasteiger partial charge in [-0.3, -0.25) is 0 Å². The normalized spacial score (nSPS) is 16.5. The minimum Gasteiger partial charge on any atom is -0.310 e. The number of aromatic nitrogens is 6. The largest absolute Gasteiger partial charge is 0.310 e. The Hall–Kier alpha value is -4.04. The summed E-state index contributed by atoms with van der Waals surface area (Å²) < 4.78 is 4.17. The molecule has 0 aliphatic carbocycles. The van der Waals surface area contributed by atoms with Crippen LogP contribution >= 0.6 is 0 Å². The maximum atomic E-state index is 9.80. The van der Waals surface area contributed by atoms with E-state index in [2.05, 4.69) is 41.7 Å². The first-order valence-corrected chi connectivity index (χ1v) is 12.0. The summed E-state index contributed by atoms with van der Waals surface area (Å²) in [5, 5.41) is 36.8. The van der Waals surface area contributed by atoms with Gasteiger partial charge in [0.15, 0.2) is 11.6 Å². The number of hydrogen-bond donors (Lipinski definition) is 0. The van der Waals surface area contributed by atoms with Crippen LogP contribution in [-0.2, 0) is 25.9 Å². The van der Waals surface area contributed by atoms with Gasteiger partial charge in [0.05, 0.1) is 11.1 Å². The van der Waals surface area contributed by atoms with Crippen LogP contribution in [-0.4, -0.2) is 29.5 Å². The number of nitrogens with zero attached hydrogens (tertiary/aromatic N) is 8. The Kier molecular flexibility index (Phi) is 6.31. The highest BCUT2D eigenvalue weighted by Crippen LogP contribution is 2.24. The summed E-state index contributed by atoms with van der Waals surface area (Å²) >= 11 is 0. The van der Waals surface area contributed by atoms with E-state index in [0.29, 0.717) is 22.8 Å². The summed E-state index contributed by atoms with van der Waals surface area (Å²) in [6.45, 7) is 1.70. The summed E-state index contributed by atoms with van der Waals surface area (Å²) in [5.74, 6) is 3.21. The molecular formula is C26H26N8. The molecule has 0 spiro atoms. The second kappa shape index (κ2) is 9.84. The van der Waals surface area contributed by atoms with Crippen molar-refractivity contribution in [2.45, 2.75) is 64.5 Å². The zero-order valence-electron chi connectivity index (χ0n) is 19.1. The fourth-order valence-corrected chi connectivity index (χ4v) is 4.68.